The van der Waals surface area contributed by atoms with Crippen LogP contribution in [0, 0.1) is 11.9 Å². The van der Waals surface area contributed by atoms with Gasteiger partial charge < -0.3 is 24.2 Å². The first-order valence-corrected chi connectivity index (χ1v) is 15.2. The van der Waals surface area contributed by atoms with Gasteiger partial charge in [-0.1, -0.05) is 23.8 Å². The summed E-state index contributed by atoms with van der Waals surface area (Å²) in [5, 5.41) is 14.9. The largest absolute Gasteiger partial charge is 0.396 e. The minimum Gasteiger partial charge on any atom is -0.396 e. The van der Waals surface area contributed by atoms with Crippen molar-refractivity contribution in [1.29, 1.82) is 0 Å². The molecule has 1 N–H and O–H groups in total. The smallest absolute Gasteiger partial charge is 0.240 e. The van der Waals surface area contributed by atoms with Crippen LogP contribution >= 0.6 is 0 Å². The van der Waals surface area contributed by atoms with Gasteiger partial charge in [-0.15, -0.1) is 5.10 Å². The van der Waals surface area contributed by atoms with E-state index in [4.69, 9.17) is 14.2 Å². The normalized spacial score (nSPS) is 20.6. The molecule has 1 atom stereocenters. The van der Waals surface area contributed by atoms with Gasteiger partial charge >= 0.3 is 0 Å². The summed E-state index contributed by atoms with van der Waals surface area (Å²) in [4.78, 5) is 2.42. The van der Waals surface area contributed by atoms with Gasteiger partial charge in [-0.3, -0.25) is 0 Å². The molecule has 0 radical (unpaired) electrons. The first-order chi connectivity index (χ1) is 20.1. The molecule has 0 saturated carbocycles. The standard InChI is InChI=1S/C33H42FN3O4/c1-39-33(40-2)24-15-18-36(19-16-24)25-11-9-23(10-12-25)30-22(17-20-38)6-5-7-26-27(30)13-14-28-31(26)32(34)35-37(28)29-8-3-4-21-41-29/h9-14,24,29,33,38H,3-8,15-21H2,1-2H3. The summed E-state index contributed by atoms with van der Waals surface area (Å²) in [5.74, 6) is -0.0145. The van der Waals surface area contributed by atoms with Crippen molar-refractivity contribution in [3.8, 4) is 0 Å². The molecule has 3 aliphatic rings. The van der Waals surface area contributed by atoms with Gasteiger partial charge in [0.2, 0.25) is 5.95 Å². The van der Waals surface area contributed by atoms with E-state index in [1.807, 2.05) is 6.07 Å². The lowest BCUT2D eigenvalue weighted by Gasteiger charge is -2.36. The molecule has 2 aromatic carbocycles. The third-order valence-electron chi connectivity index (χ3n) is 9.22. The Hall–Kier alpha value is -2.78. The number of hydrogen-bond acceptors (Lipinski definition) is 6. The Kier molecular flexibility index (Phi) is 8.72. The van der Waals surface area contributed by atoms with Crippen LogP contribution in [0.5, 0.6) is 0 Å². The summed E-state index contributed by atoms with van der Waals surface area (Å²) >= 11 is 0. The predicted molar refractivity (Wildman–Crippen MR) is 158 cm³/mol. The van der Waals surface area contributed by atoms with Crippen molar-refractivity contribution in [2.24, 2.45) is 5.92 Å². The van der Waals surface area contributed by atoms with Crippen LogP contribution in [0.1, 0.15) is 74.3 Å². The van der Waals surface area contributed by atoms with Crippen molar-refractivity contribution in [2.45, 2.75) is 70.3 Å². The van der Waals surface area contributed by atoms with Gasteiger partial charge in [-0.25, -0.2) is 4.68 Å². The molecule has 2 aliphatic heterocycles. The second kappa shape index (κ2) is 12.6. The number of anilines is 1. The first kappa shape index (κ1) is 28.3. The number of piperidine rings is 1. The number of fused-ring (bicyclic) bond motifs is 3. The number of aromatic nitrogens is 2. The fraction of sp³-hybridized carbons (Fsp3) is 0.545. The van der Waals surface area contributed by atoms with Gasteiger partial charge in [0.15, 0.2) is 12.5 Å². The number of ether oxygens (including phenoxy) is 3. The molecule has 41 heavy (non-hydrogen) atoms. The van der Waals surface area contributed by atoms with Gasteiger partial charge in [0.25, 0.3) is 0 Å². The molecule has 0 spiro atoms. The Morgan fingerprint density at radius 2 is 1.78 bits per heavy atom. The summed E-state index contributed by atoms with van der Waals surface area (Å²) in [6.07, 6.45) is 7.80. The van der Waals surface area contributed by atoms with E-state index in [2.05, 4.69) is 40.3 Å². The van der Waals surface area contributed by atoms with Gasteiger partial charge in [0.05, 0.1) is 10.9 Å². The van der Waals surface area contributed by atoms with Crippen LogP contribution in [0.2, 0.25) is 0 Å². The summed E-state index contributed by atoms with van der Waals surface area (Å²) in [7, 11) is 3.42. The molecule has 220 valence electrons. The Morgan fingerprint density at radius 3 is 2.46 bits per heavy atom. The van der Waals surface area contributed by atoms with E-state index in [0.717, 1.165) is 92.2 Å². The zero-order valence-electron chi connectivity index (χ0n) is 24.3. The average molecular weight is 564 g/mol. The highest BCUT2D eigenvalue weighted by Gasteiger charge is 2.29. The molecular formula is C33H42FN3O4. The molecule has 2 saturated heterocycles. The lowest BCUT2D eigenvalue weighted by Crippen LogP contribution is -2.39. The van der Waals surface area contributed by atoms with E-state index in [0.29, 0.717) is 24.3 Å². The van der Waals surface area contributed by atoms with E-state index in [1.54, 1.807) is 18.9 Å². The summed E-state index contributed by atoms with van der Waals surface area (Å²) in [6, 6.07) is 12.9. The number of benzene rings is 2. The van der Waals surface area contributed by atoms with Crippen LogP contribution < -0.4 is 4.90 Å². The number of aliphatic hydroxyl groups excluding tert-OH is 1. The summed E-state index contributed by atoms with van der Waals surface area (Å²) < 4.78 is 34.3. The molecule has 0 bridgehead atoms. The molecule has 6 rings (SSSR count). The number of nitrogens with zero attached hydrogens (tertiary/aromatic N) is 3. The van der Waals surface area contributed by atoms with Crippen molar-refractivity contribution in [3.05, 3.63) is 64.6 Å². The van der Waals surface area contributed by atoms with Crippen LogP contribution in [0.15, 0.2) is 42.0 Å². The number of aliphatic hydroxyl groups is 1. The SMILES string of the molecule is COC(OC)C1CCN(c2ccc(C3=C(CCO)CCCc4c3ccc3c4c(F)nn3C3CCCCO3)cc2)CC1. The van der Waals surface area contributed by atoms with Crippen molar-refractivity contribution < 1.29 is 23.7 Å². The molecule has 0 amide bonds. The average Bonchev–Trinajstić information content (AvgIpc) is 3.24. The van der Waals surface area contributed by atoms with Crippen molar-refractivity contribution in [1.82, 2.24) is 9.78 Å². The van der Waals surface area contributed by atoms with Crippen LogP contribution in [0.25, 0.3) is 16.5 Å². The Balaban J connectivity index is 1.33. The van der Waals surface area contributed by atoms with E-state index in [1.165, 1.54) is 11.3 Å². The predicted octanol–water partition coefficient (Wildman–Crippen LogP) is 6.23. The third kappa shape index (κ3) is 5.55. The maximum Gasteiger partial charge on any atom is 0.240 e. The molecular weight excluding hydrogens is 521 g/mol. The molecule has 3 aromatic rings. The Labute approximate surface area is 241 Å². The van der Waals surface area contributed by atoms with E-state index < -0.39 is 5.95 Å². The molecule has 1 aliphatic carbocycles. The number of rotatable bonds is 8. The number of hydrogen-bond donors (Lipinski definition) is 1. The molecule has 2 fully saturated rings. The van der Waals surface area contributed by atoms with Crippen molar-refractivity contribution in [2.75, 3.05) is 45.4 Å². The van der Waals surface area contributed by atoms with Gasteiger partial charge in [0.1, 0.15) is 0 Å². The maximum absolute atomic E-state index is 15.6. The topological polar surface area (TPSA) is 69.0 Å². The highest BCUT2D eigenvalue weighted by molar-refractivity contribution is 5.93. The second-order valence-corrected chi connectivity index (χ2v) is 11.6. The van der Waals surface area contributed by atoms with E-state index >= 15 is 4.39 Å². The lowest BCUT2D eigenvalue weighted by atomic mass is 9.88. The molecule has 1 unspecified atom stereocenters. The quantitative estimate of drug-likeness (QED) is 0.328. The zero-order valence-corrected chi connectivity index (χ0v) is 24.3. The lowest BCUT2D eigenvalue weighted by molar-refractivity contribution is -0.141. The summed E-state index contributed by atoms with van der Waals surface area (Å²) in [5.41, 5.74) is 7.54. The third-order valence-corrected chi connectivity index (χ3v) is 9.22. The molecule has 8 heteroatoms. The maximum atomic E-state index is 15.6. The molecule has 1 aromatic heterocycles. The minimum absolute atomic E-state index is 0.0959. The zero-order chi connectivity index (χ0) is 28.3. The molecule has 3 heterocycles. The van der Waals surface area contributed by atoms with Gasteiger partial charge in [0, 0.05) is 52.1 Å². The van der Waals surface area contributed by atoms with Crippen LogP contribution in [0.3, 0.4) is 0 Å². The Bertz CT molecular complexity index is 1370. The number of halogens is 1. The van der Waals surface area contributed by atoms with Crippen LogP contribution in [-0.4, -0.2) is 61.7 Å². The number of methoxy groups -OCH3 is 2. The summed E-state index contributed by atoms with van der Waals surface area (Å²) in [6.45, 7) is 2.70. The van der Waals surface area contributed by atoms with E-state index in [-0.39, 0.29) is 19.1 Å². The van der Waals surface area contributed by atoms with Gasteiger partial charge in [-0.05, 0) is 98.2 Å². The fourth-order valence-corrected chi connectivity index (χ4v) is 7.17. The van der Waals surface area contributed by atoms with Crippen LogP contribution in [0.4, 0.5) is 10.1 Å². The minimum atomic E-state index is -0.418. The molecule has 7 nitrogen and oxygen atoms in total. The second-order valence-electron chi connectivity index (χ2n) is 11.6. The van der Waals surface area contributed by atoms with Crippen LogP contribution in [-0.2, 0) is 20.6 Å². The van der Waals surface area contributed by atoms with Crippen molar-refractivity contribution >= 4 is 22.2 Å². The van der Waals surface area contributed by atoms with E-state index in [9.17, 15) is 5.11 Å². The fourth-order valence-electron chi connectivity index (χ4n) is 7.17. The van der Waals surface area contributed by atoms with Crippen molar-refractivity contribution in [3.63, 3.8) is 0 Å². The number of aryl methyl sites for hydroxylation is 1. The monoisotopic (exact) mass is 563 g/mol. The first-order valence-electron chi connectivity index (χ1n) is 15.2. The highest BCUT2D eigenvalue weighted by atomic mass is 19.1. The Morgan fingerprint density at radius 1 is 1.00 bits per heavy atom. The van der Waals surface area contributed by atoms with Gasteiger partial charge in [-0.2, -0.15) is 4.39 Å². The highest BCUT2D eigenvalue weighted by Crippen LogP contribution is 2.41.